The summed E-state index contributed by atoms with van der Waals surface area (Å²) in [5, 5.41) is 21.3. The lowest BCUT2D eigenvalue weighted by atomic mass is 9.73. The van der Waals surface area contributed by atoms with E-state index in [9.17, 15) is 10.5 Å². The normalized spacial score (nSPS) is 15.4. The Bertz CT molecular complexity index is 1740. The van der Waals surface area contributed by atoms with E-state index in [-0.39, 0.29) is 10.8 Å². The van der Waals surface area contributed by atoms with Gasteiger partial charge >= 0.3 is 0 Å². The van der Waals surface area contributed by atoms with Crippen LogP contribution < -0.4 is 9.80 Å². The van der Waals surface area contributed by atoms with Gasteiger partial charge in [-0.05, 0) is 58.7 Å². The summed E-state index contributed by atoms with van der Waals surface area (Å²) < 4.78 is 0. The average Bonchev–Trinajstić information content (AvgIpc) is 3.01. The van der Waals surface area contributed by atoms with Crippen LogP contribution in [0.4, 0.5) is 34.1 Å². The molecule has 42 heavy (non-hydrogen) atoms. The molecule has 5 aromatic rings. The van der Waals surface area contributed by atoms with Crippen molar-refractivity contribution in [2.75, 3.05) is 9.80 Å². The second-order valence-corrected chi connectivity index (χ2v) is 12.1. The van der Waals surface area contributed by atoms with Crippen molar-refractivity contribution in [2.24, 2.45) is 0 Å². The van der Waals surface area contributed by atoms with Gasteiger partial charge in [-0.3, -0.25) is 0 Å². The molecule has 0 bridgehead atoms. The summed E-state index contributed by atoms with van der Waals surface area (Å²) >= 11 is 0. The zero-order valence-electron chi connectivity index (χ0n) is 24.2. The van der Waals surface area contributed by atoms with Crippen LogP contribution in [0.2, 0.25) is 0 Å². The van der Waals surface area contributed by atoms with Gasteiger partial charge in [-0.2, -0.15) is 10.5 Å². The molecule has 0 N–H and O–H groups in total. The first-order chi connectivity index (χ1) is 20.3. The molecule has 7 rings (SSSR count). The van der Waals surface area contributed by atoms with E-state index in [0.29, 0.717) is 22.5 Å². The summed E-state index contributed by atoms with van der Waals surface area (Å²) in [7, 11) is 0. The van der Waals surface area contributed by atoms with Crippen LogP contribution >= 0.6 is 0 Å². The number of fused-ring (bicyclic) bond motifs is 4. The molecule has 0 saturated heterocycles. The number of hydrogen-bond donors (Lipinski definition) is 0. The highest BCUT2D eigenvalue weighted by Gasteiger charge is 2.39. The van der Waals surface area contributed by atoms with E-state index >= 15 is 0 Å². The number of benzene rings is 5. The maximum atomic E-state index is 10.6. The van der Waals surface area contributed by atoms with Gasteiger partial charge in [0.05, 0.1) is 45.3 Å². The zero-order chi connectivity index (χ0) is 29.2. The average molecular weight is 543 g/mol. The lowest BCUT2D eigenvalue weighted by molar-refractivity contribution is 0.631. The first-order valence-corrected chi connectivity index (χ1v) is 14.3. The Labute approximate surface area is 247 Å². The smallest absolute Gasteiger partial charge is 0.101 e. The molecule has 0 atom stereocenters. The van der Waals surface area contributed by atoms with Gasteiger partial charge in [-0.25, -0.2) is 0 Å². The maximum Gasteiger partial charge on any atom is 0.101 e. The Balaban J connectivity index is 1.50. The molecule has 202 valence electrons. The minimum atomic E-state index is -0.220. The van der Waals surface area contributed by atoms with Crippen molar-refractivity contribution >= 4 is 34.1 Å². The Morgan fingerprint density at radius 3 is 0.952 bits per heavy atom. The second kappa shape index (κ2) is 9.10. The number of nitrogens with zero attached hydrogens (tertiary/aromatic N) is 4. The van der Waals surface area contributed by atoms with Crippen molar-refractivity contribution in [3.8, 4) is 12.1 Å². The molecule has 0 fully saturated rings. The number of para-hydroxylation sites is 4. The monoisotopic (exact) mass is 542 g/mol. The fraction of sp³-hybridized carbons (Fsp3) is 0.158. The van der Waals surface area contributed by atoms with Crippen LogP contribution in [0.1, 0.15) is 61.1 Å². The van der Waals surface area contributed by atoms with Gasteiger partial charge in [0, 0.05) is 10.8 Å². The number of rotatable bonds is 2. The topological polar surface area (TPSA) is 54.1 Å². The molecule has 4 nitrogen and oxygen atoms in total. The Hall–Kier alpha value is -5.32. The zero-order valence-corrected chi connectivity index (χ0v) is 24.2. The predicted molar refractivity (Wildman–Crippen MR) is 169 cm³/mol. The van der Waals surface area contributed by atoms with E-state index in [4.69, 9.17) is 0 Å². The maximum absolute atomic E-state index is 10.6. The Morgan fingerprint density at radius 2 is 0.690 bits per heavy atom. The van der Waals surface area contributed by atoms with Crippen molar-refractivity contribution in [3.63, 3.8) is 0 Å². The molecule has 0 radical (unpaired) electrons. The minimum absolute atomic E-state index is 0.220. The molecular weight excluding hydrogens is 512 g/mol. The van der Waals surface area contributed by atoms with E-state index in [0.717, 1.165) is 22.7 Å². The second-order valence-electron chi connectivity index (χ2n) is 12.1. The van der Waals surface area contributed by atoms with Gasteiger partial charge in [0.25, 0.3) is 0 Å². The highest BCUT2D eigenvalue weighted by atomic mass is 15.2. The van der Waals surface area contributed by atoms with Crippen molar-refractivity contribution in [3.05, 3.63) is 143 Å². The molecule has 2 aliphatic rings. The van der Waals surface area contributed by atoms with Crippen LogP contribution in [-0.4, -0.2) is 0 Å². The molecule has 4 heteroatoms. The summed E-state index contributed by atoms with van der Waals surface area (Å²) in [6, 6.07) is 42.2. The van der Waals surface area contributed by atoms with Crippen molar-refractivity contribution in [1.82, 2.24) is 0 Å². The quantitative estimate of drug-likeness (QED) is 0.223. The van der Waals surface area contributed by atoms with Crippen molar-refractivity contribution in [2.45, 2.75) is 38.5 Å². The third-order valence-electron chi connectivity index (χ3n) is 9.11. The lowest BCUT2D eigenvalue weighted by Gasteiger charge is -2.43. The van der Waals surface area contributed by atoms with Crippen molar-refractivity contribution < 1.29 is 0 Å². The van der Waals surface area contributed by atoms with E-state index in [1.807, 2.05) is 36.4 Å². The molecule has 2 aliphatic heterocycles. The standard InChI is InChI=1S/C38H30N4/c1-37(2)27-13-5-9-17-31(27)41(32-18-10-6-14-28(32)37)35-21-26(24-40)36(22-25(35)23-39)42-33-19-11-7-15-29(33)38(3,4)30-16-8-12-20-34(30)42/h5-22H,1-4H3. The SMILES string of the molecule is CC1(C)c2ccccc2N(c2cc(C#N)c(N3c4ccccc4C(C)(C)c4ccccc43)cc2C#N)c2ccccc21. The number of hydrogen-bond acceptors (Lipinski definition) is 4. The molecule has 0 spiro atoms. The first-order valence-electron chi connectivity index (χ1n) is 14.3. The summed E-state index contributed by atoms with van der Waals surface area (Å²) in [6.45, 7) is 8.96. The van der Waals surface area contributed by atoms with Gasteiger partial charge in [0.2, 0.25) is 0 Å². The molecule has 0 saturated carbocycles. The van der Waals surface area contributed by atoms with Crippen molar-refractivity contribution in [1.29, 1.82) is 10.5 Å². The highest BCUT2D eigenvalue weighted by Crippen LogP contribution is 2.55. The van der Waals surface area contributed by atoms with Crippen LogP contribution in [0.25, 0.3) is 0 Å². The summed E-state index contributed by atoms with van der Waals surface area (Å²) in [5.74, 6) is 0. The molecule has 0 aliphatic carbocycles. The Morgan fingerprint density at radius 1 is 0.429 bits per heavy atom. The molecule has 0 aromatic heterocycles. The third kappa shape index (κ3) is 3.46. The van der Waals surface area contributed by atoms with E-state index in [1.54, 1.807) is 0 Å². The number of anilines is 6. The summed E-state index contributed by atoms with van der Waals surface area (Å²) in [6.07, 6.45) is 0. The summed E-state index contributed by atoms with van der Waals surface area (Å²) in [5.41, 5.74) is 10.8. The van der Waals surface area contributed by atoms with Gasteiger partial charge in [-0.1, -0.05) is 100 Å². The molecule has 0 unspecified atom stereocenters. The summed E-state index contributed by atoms with van der Waals surface area (Å²) in [4.78, 5) is 4.31. The van der Waals surface area contributed by atoms with Gasteiger partial charge in [0.15, 0.2) is 0 Å². The fourth-order valence-corrected chi connectivity index (χ4v) is 6.98. The van der Waals surface area contributed by atoms with E-state index in [2.05, 4.69) is 122 Å². The van der Waals surface area contributed by atoms with Gasteiger partial charge in [0.1, 0.15) is 12.1 Å². The van der Waals surface area contributed by atoms with E-state index in [1.165, 1.54) is 22.3 Å². The van der Waals surface area contributed by atoms with Gasteiger partial charge < -0.3 is 9.80 Å². The molecule has 2 heterocycles. The lowest BCUT2D eigenvalue weighted by Crippen LogP contribution is -2.31. The largest absolute Gasteiger partial charge is 0.308 e. The Kier molecular flexibility index (Phi) is 5.55. The van der Waals surface area contributed by atoms with Crippen LogP contribution in [0.5, 0.6) is 0 Å². The van der Waals surface area contributed by atoms with E-state index < -0.39 is 0 Å². The fourth-order valence-electron chi connectivity index (χ4n) is 6.98. The molecular formula is C38H30N4. The number of nitriles is 2. The predicted octanol–water partition coefficient (Wildman–Crippen LogP) is 9.65. The minimum Gasteiger partial charge on any atom is -0.308 e. The van der Waals surface area contributed by atoms with Crippen LogP contribution in [0, 0.1) is 22.7 Å². The molecule has 5 aromatic carbocycles. The third-order valence-corrected chi connectivity index (χ3v) is 9.11. The van der Waals surface area contributed by atoms with Crippen LogP contribution in [0.15, 0.2) is 109 Å². The molecule has 0 amide bonds. The first kappa shape index (κ1) is 25.6. The highest BCUT2D eigenvalue weighted by molar-refractivity contribution is 5.93. The van der Waals surface area contributed by atoms with Crippen LogP contribution in [0.3, 0.4) is 0 Å². The van der Waals surface area contributed by atoms with Gasteiger partial charge in [-0.15, -0.1) is 0 Å². The van der Waals surface area contributed by atoms with Crippen LogP contribution in [-0.2, 0) is 10.8 Å².